The molecule has 1 fully saturated rings. The summed E-state index contributed by atoms with van der Waals surface area (Å²) in [6.07, 6.45) is 1.28. The quantitative estimate of drug-likeness (QED) is 0.657. The van der Waals surface area contributed by atoms with E-state index in [-0.39, 0.29) is 11.9 Å². The van der Waals surface area contributed by atoms with Crippen LogP contribution in [0.3, 0.4) is 0 Å². The summed E-state index contributed by atoms with van der Waals surface area (Å²) in [4.78, 5) is 13.8. The molecule has 1 aromatic rings. The molecule has 0 saturated carbocycles. The van der Waals surface area contributed by atoms with Crippen molar-refractivity contribution in [3.8, 4) is 0 Å². The number of hydrogen-bond acceptors (Lipinski definition) is 4. The summed E-state index contributed by atoms with van der Waals surface area (Å²) in [5.74, 6) is 0.00894. The molecule has 0 radical (unpaired) electrons. The molecule has 0 amide bonds. The number of carbonyl (C=O) groups excluding carboxylic acids is 1. The topological polar surface area (TPSA) is 55.6 Å². The molecule has 1 aromatic carbocycles. The second kappa shape index (κ2) is 5.40. The first-order valence-electron chi connectivity index (χ1n) is 6.38. The van der Waals surface area contributed by atoms with Crippen LogP contribution in [0.25, 0.3) is 0 Å². The van der Waals surface area contributed by atoms with Crippen molar-refractivity contribution in [3.63, 3.8) is 0 Å². The van der Waals surface area contributed by atoms with E-state index in [0.29, 0.717) is 11.3 Å². The number of carbonyl (C=O) groups is 1. The number of ether oxygens (including phenoxy) is 1. The number of ketones is 1. The zero-order valence-electron chi connectivity index (χ0n) is 11.0. The summed E-state index contributed by atoms with van der Waals surface area (Å²) in [5, 5.41) is 0. The van der Waals surface area contributed by atoms with Crippen LogP contribution in [0.1, 0.15) is 30.6 Å². The van der Waals surface area contributed by atoms with Crippen LogP contribution in [0.2, 0.25) is 0 Å². The Hall–Kier alpha value is -1.55. The van der Waals surface area contributed by atoms with Gasteiger partial charge in [0.05, 0.1) is 12.7 Å². The highest BCUT2D eigenvalue weighted by Crippen LogP contribution is 2.24. The lowest BCUT2D eigenvalue weighted by molar-refractivity contribution is 0.0384. The molecule has 1 aliphatic rings. The molecule has 4 heteroatoms. The van der Waals surface area contributed by atoms with Gasteiger partial charge in [0.15, 0.2) is 5.78 Å². The minimum Gasteiger partial charge on any atom is -0.398 e. The number of nitrogens with two attached hydrogens (primary N) is 1. The fraction of sp³-hybridized carbons (Fsp3) is 0.500. The minimum absolute atomic E-state index is 0.00894. The lowest BCUT2D eigenvalue weighted by atomic mass is 10.1. The van der Waals surface area contributed by atoms with E-state index in [4.69, 9.17) is 10.5 Å². The fourth-order valence-corrected chi connectivity index (χ4v) is 2.25. The molecular weight excluding hydrogens is 228 g/mol. The average molecular weight is 248 g/mol. The van der Waals surface area contributed by atoms with Gasteiger partial charge in [-0.3, -0.25) is 4.79 Å². The van der Waals surface area contributed by atoms with E-state index in [1.54, 1.807) is 6.92 Å². The zero-order chi connectivity index (χ0) is 13.1. The van der Waals surface area contributed by atoms with Gasteiger partial charge in [0.2, 0.25) is 0 Å². The summed E-state index contributed by atoms with van der Waals surface area (Å²) >= 11 is 0. The third-order valence-corrected chi connectivity index (χ3v) is 3.38. The third kappa shape index (κ3) is 2.64. The van der Waals surface area contributed by atoms with Crippen LogP contribution >= 0.6 is 0 Å². The van der Waals surface area contributed by atoms with Gasteiger partial charge >= 0.3 is 0 Å². The van der Waals surface area contributed by atoms with Crippen LogP contribution in [0.15, 0.2) is 18.2 Å². The van der Waals surface area contributed by atoms with E-state index >= 15 is 0 Å². The molecule has 0 aliphatic carbocycles. The lowest BCUT2D eigenvalue weighted by Gasteiger charge is -2.34. The Morgan fingerprint density at radius 3 is 3.00 bits per heavy atom. The first-order chi connectivity index (χ1) is 8.61. The van der Waals surface area contributed by atoms with E-state index in [1.165, 1.54) is 0 Å². The first kappa shape index (κ1) is 12.9. The molecule has 18 heavy (non-hydrogen) atoms. The predicted octanol–water partition coefficient (Wildman–Crippen LogP) is 2.09. The Balaban J connectivity index is 2.22. The molecule has 98 valence electrons. The van der Waals surface area contributed by atoms with Crippen LogP contribution in [0.5, 0.6) is 0 Å². The van der Waals surface area contributed by atoms with E-state index in [9.17, 15) is 4.79 Å². The number of nitrogen functional groups attached to an aromatic ring is 1. The molecular formula is C14H20N2O2. The zero-order valence-corrected chi connectivity index (χ0v) is 11.0. The van der Waals surface area contributed by atoms with Crippen molar-refractivity contribution in [3.05, 3.63) is 23.8 Å². The van der Waals surface area contributed by atoms with Gasteiger partial charge in [-0.15, -0.1) is 0 Å². The van der Waals surface area contributed by atoms with E-state index in [1.807, 2.05) is 18.2 Å². The van der Waals surface area contributed by atoms with E-state index in [0.717, 1.165) is 31.8 Å². The number of nitrogens with zero attached hydrogens (tertiary/aromatic N) is 1. The number of hydrogen-bond donors (Lipinski definition) is 1. The number of Topliss-reactive ketones (excluding diaryl/α,β-unsaturated/α-hetero) is 1. The highest BCUT2D eigenvalue weighted by Gasteiger charge is 2.20. The van der Waals surface area contributed by atoms with Gasteiger partial charge in [0, 0.05) is 30.0 Å². The van der Waals surface area contributed by atoms with Crippen molar-refractivity contribution in [2.24, 2.45) is 0 Å². The van der Waals surface area contributed by atoms with Crippen LogP contribution in [0, 0.1) is 0 Å². The second-order valence-corrected chi connectivity index (χ2v) is 4.67. The number of benzene rings is 1. The average Bonchev–Trinajstić information content (AvgIpc) is 2.39. The van der Waals surface area contributed by atoms with Crippen molar-refractivity contribution in [1.29, 1.82) is 0 Å². The lowest BCUT2D eigenvalue weighted by Crippen LogP contribution is -2.42. The molecule has 1 atom stereocenters. The molecule has 0 spiro atoms. The van der Waals surface area contributed by atoms with Gasteiger partial charge in [0.1, 0.15) is 0 Å². The Morgan fingerprint density at radius 2 is 2.33 bits per heavy atom. The van der Waals surface area contributed by atoms with Crippen molar-refractivity contribution in [2.75, 3.05) is 30.3 Å². The Morgan fingerprint density at radius 1 is 1.56 bits per heavy atom. The van der Waals surface area contributed by atoms with Crippen LogP contribution in [-0.4, -0.2) is 31.6 Å². The van der Waals surface area contributed by atoms with Gasteiger partial charge in [-0.05, 0) is 31.5 Å². The normalized spacial score (nSPS) is 19.9. The fourth-order valence-electron chi connectivity index (χ4n) is 2.25. The molecule has 1 aliphatic heterocycles. The second-order valence-electron chi connectivity index (χ2n) is 4.67. The highest BCUT2D eigenvalue weighted by molar-refractivity contribution is 6.00. The smallest absolute Gasteiger partial charge is 0.161 e. The molecule has 0 aromatic heterocycles. The number of anilines is 2. The monoisotopic (exact) mass is 248 g/mol. The molecule has 2 rings (SSSR count). The van der Waals surface area contributed by atoms with E-state index < -0.39 is 0 Å². The minimum atomic E-state index is 0.00894. The standard InChI is InChI=1S/C14H20N2O2/c1-3-12-9-16(6-7-18-12)11-4-5-14(15)13(8-11)10(2)17/h4-5,8,12H,3,6-7,9,15H2,1-2H3. The van der Waals surface area contributed by atoms with E-state index in [2.05, 4.69) is 11.8 Å². The van der Waals surface area contributed by atoms with Gasteiger partial charge in [-0.25, -0.2) is 0 Å². The molecule has 0 bridgehead atoms. The molecule has 1 heterocycles. The maximum Gasteiger partial charge on any atom is 0.161 e. The number of morpholine rings is 1. The summed E-state index contributed by atoms with van der Waals surface area (Å²) < 4.78 is 5.65. The maximum atomic E-state index is 11.5. The van der Waals surface area contributed by atoms with Gasteiger partial charge < -0.3 is 15.4 Å². The van der Waals surface area contributed by atoms with Gasteiger partial charge in [0.25, 0.3) is 0 Å². The Kier molecular flexibility index (Phi) is 3.87. The third-order valence-electron chi connectivity index (χ3n) is 3.38. The van der Waals surface area contributed by atoms with Crippen molar-refractivity contribution in [1.82, 2.24) is 0 Å². The SMILES string of the molecule is CCC1CN(c2ccc(N)c(C(C)=O)c2)CCO1. The summed E-state index contributed by atoms with van der Waals surface area (Å²) in [5.41, 5.74) is 8.01. The Bertz CT molecular complexity index is 445. The number of rotatable bonds is 3. The molecule has 1 saturated heterocycles. The predicted molar refractivity (Wildman–Crippen MR) is 73.1 cm³/mol. The van der Waals surface area contributed by atoms with Crippen molar-refractivity contribution < 1.29 is 9.53 Å². The first-order valence-corrected chi connectivity index (χ1v) is 6.38. The highest BCUT2D eigenvalue weighted by atomic mass is 16.5. The maximum absolute atomic E-state index is 11.5. The molecule has 1 unspecified atom stereocenters. The summed E-state index contributed by atoms with van der Waals surface area (Å²) in [6, 6.07) is 5.66. The van der Waals surface area contributed by atoms with Gasteiger partial charge in [-0.2, -0.15) is 0 Å². The summed E-state index contributed by atoms with van der Waals surface area (Å²) in [6.45, 7) is 6.13. The van der Waals surface area contributed by atoms with Crippen LogP contribution < -0.4 is 10.6 Å². The largest absolute Gasteiger partial charge is 0.398 e. The summed E-state index contributed by atoms with van der Waals surface area (Å²) in [7, 11) is 0. The van der Waals surface area contributed by atoms with Crippen molar-refractivity contribution >= 4 is 17.2 Å². The van der Waals surface area contributed by atoms with Crippen molar-refractivity contribution in [2.45, 2.75) is 26.4 Å². The Labute approximate surface area is 108 Å². The molecule has 4 nitrogen and oxygen atoms in total. The molecule has 2 N–H and O–H groups in total. The van der Waals surface area contributed by atoms with Crippen LogP contribution in [0.4, 0.5) is 11.4 Å². The van der Waals surface area contributed by atoms with Gasteiger partial charge in [-0.1, -0.05) is 6.92 Å². The van der Waals surface area contributed by atoms with Crippen LogP contribution in [-0.2, 0) is 4.74 Å².